The van der Waals surface area contributed by atoms with Crippen molar-refractivity contribution >= 4 is 0 Å². The van der Waals surface area contributed by atoms with Gasteiger partial charge in [-0.2, -0.15) is 0 Å². The van der Waals surface area contributed by atoms with Crippen LogP contribution < -0.4 is 0 Å². The zero-order valence-electron chi connectivity index (χ0n) is 18.6. The molecule has 0 amide bonds. The van der Waals surface area contributed by atoms with E-state index in [4.69, 9.17) is 18.9 Å². The van der Waals surface area contributed by atoms with E-state index in [-0.39, 0.29) is 11.2 Å². The van der Waals surface area contributed by atoms with Crippen LogP contribution in [0.5, 0.6) is 0 Å². The van der Waals surface area contributed by atoms with Gasteiger partial charge in [-0.1, -0.05) is 0 Å². The summed E-state index contributed by atoms with van der Waals surface area (Å²) in [5.74, 6) is 1.43. The topological polar surface area (TPSA) is 43.5 Å². The standard InChI is InChI=1S/C12H22O2.C11H20O2/c1-8(2)13-9(3)10-5-6-12(4)11(7-10)14-12;1-4-12-8(2)9-5-6-11(3)10(7-9)13-11/h8-11H,5-7H2,1-4H3;8-10H,4-7H2,1-3H3. The summed E-state index contributed by atoms with van der Waals surface area (Å²) in [6, 6.07) is 0. The Balaban J connectivity index is 0.000000156. The van der Waals surface area contributed by atoms with Gasteiger partial charge in [0, 0.05) is 6.61 Å². The quantitative estimate of drug-likeness (QED) is 0.598. The molecule has 0 aromatic carbocycles. The van der Waals surface area contributed by atoms with Crippen molar-refractivity contribution in [1.82, 2.24) is 0 Å². The van der Waals surface area contributed by atoms with Crippen molar-refractivity contribution < 1.29 is 18.9 Å². The average Bonchev–Trinajstić information content (AvgIpc) is 3.46. The van der Waals surface area contributed by atoms with Crippen LogP contribution in [0.25, 0.3) is 0 Å². The van der Waals surface area contributed by atoms with Gasteiger partial charge in [0.05, 0.1) is 41.7 Å². The van der Waals surface area contributed by atoms with Crippen LogP contribution in [0, 0.1) is 11.8 Å². The molecule has 4 heteroatoms. The Labute approximate surface area is 166 Å². The van der Waals surface area contributed by atoms with Crippen molar-refractivity contribution in [2.75, 3.05) is 6.61 Å². The van der Waals surface area contributed by atoms with Gasteiger partial charge in [-0.3, -0.25) is 0 Å². The zero-order valence-corrected chi connectivity index (χ0v) is 18.6. The van der Waals surface area contributed by atoms with E-state index in [1.165, 1.54) is 38.5 Å². The largest absolute Gasteiger partial charge is 0.379 e. The average molecular weight is 383 g/mol. The van der Waals surface area contributed by atoms with Gasteiger partial charge in [-0.25, -0.2) is 0 Å². The summed E-state index contributed by atoms with van der Waals surface area (Å²) in [7, 11) is 0. The second kappa shape index (κ2) is 8.30. The molecule has 0 aromatic heterocycles. The number of hydrogen-bond donors (Lipinski definition) is 0. The highest BCUT2D eigenvalue weighted by molar-refractivity contribution is 5.05. The Morgan fingerprint density at radius 1 is 0.852 bits per heavy atom. The van der Waals surface area contributed by atoms with Crippen molar-refractivity contribution in [1.29, 1.82) is 0 Å². The molecule has 4 aliphatic rings. The number of ether oxygens (including phenoxy) is 4. The van der Waals surface area contributed by atoms with Crippen LogP contribution in [0.2, 0.25) is 0 Å². The molecule has 4 rings (SSSR count). The second-order valence-electron chi connectivity index (χ2n) is 9.96. The molecule has 2 saturated carbocycles. The molecule has 27 heavy (non-hydrogen) atoms. The summed E-state index contributed by atoms with van der Waals surface area (Å²) in [4.78, 5) is 0. The van der Waals surface area contributed by atoms with Crippen molar-refractivity contribution in [3.8, 4) is 0 Å². The molecular formula is C23H42O4. The fourth-order valence-electron chi connectivity index (χ4n) is 5.14. The smallest absolute Gasteiger partial charge is 0.0920 e. The fraction of sp³-hybridized carbons (Fsp3) is 1.00. The molecule has 8 atom stereocenters. The van der Waals surface area contributed by atoms with Crippen LogP contribution in [0.3, 0.4) is 0 Å². The Morgan fingerprint density at radius 3 is 1.74 bits per heavy atom. The minimum atomic E-state index is 0.244. The first-order valence-electron chi connectivity index (χ1n) is 11.3. The molecule has 0 bridgehead atoms. The van der Waals surface area contributed by atoms with Gasteiger partial charge in [0.15, 0.2) is 0 Å². The van der Waals surface area contributed by atoms with E-state index in [1.807, 2.05) is 0 Å². The van der Waals surface area contributed by atoms with E-state index in [0.29, 0.717) is 36.4 Å². The lowest BCUT2D eigenvalue weighted by molar-refractivity contribution is -0.0234. The summed E-state index contributed by atoms with van der Waals surface area (Å²) in [5, 5.41) is 0. The minimum Gasteiger partial charge on any atom is -0.379 e. The summed E-state index contributed by atoms with van der Waals surface area (Å²) >= 11 is 0. The number of rotatable bonds is 6. The Bertz CT molecular complexity index is 495. The van der Waals surface area contributed by atoms with E-state index >= 15 is 0 Å². The predicted molar refractivity (Wildman–Crippen MR) is 108 cm³/mol. The maximum absolute atomic E-state index is 5.83. The SMILES string of the molecule is CC(C)OC(C)C1CCC2(C)OC2C1.CCOC(C)C1CCC2(C)OC2C1. The minimum absolute atomic E-state index is 0.244. The van der Waals surface area contributed by atoms with Crippen molar-refractivity contribution in [2.45, 2.75) is 129 Å². The molecule has 0 spiro atoms. The van der Waals surface area contributed by atoms with Crippen LogP contribution >= 0.6 is 0 Å². The Kier molecular flexibility index (Phi) is 6.62. The molecular weight excluding hydrogens is 340 g/mol. The van der Waals surface area contributed by atoms with Gasteiger partial charge in [0.1, 0.15) is 0 Å². The summed E-state index contributed by atoms with van der Waals surface area (Å²) in [6.07, 6.45) is 9.60. The number of hydrogen-bond acceptors (Lipinski definition) is 4. The molecule has 4 fully saturated rings. The molecule has 4 nitrogen and oxygen atoms in total. The van der Waals surface area contributed by atoms with Crippen molar-refractivity contribution in [3.63, 3.8) is 0 Å². The van der Waals surface area contributed by atoms with Gasteiger partial charge >= 0.3 is 0 Å². The maximum Gasteiger partial charge on any atom is 0.0920 e. The predicted octanol–water partition coefficient (Wildman–Crippen LogP) is 5.13. The van der Waals surface area contributed by atoms with E-state index in [1.54, 1.807) is 0 Å². The lowest BCUT2D eigenvalue weighted by atomic mass is 9.80. The van der Waals surface area contributed by atoms with E-state index in [0.717, 1.165) is 12.5 Å². The highest BCUT2D eigenvalue weighted by Gasteiger charge is 2.56. The van der Waals surface area contributed by atoms with Crippen LogP contribution in [0.4, 0.5) is 0 Å². The monoisotopic (exact) mass is 382 g/mol. The van der Waals surface area contributed by atoms with Crippen LogP contribution in [0.15, 0.2) is 0 Å². The molecule has 0 N–H and O–H groups in total. The number of epoxide rings is 2. The van der Waals surface area contributed by atoms with Crippen molar-refractivity contribution in [2.24, 2.45) is 11.8 Å². The Hall–Kier alpha value is -0.160. The van der Waals surface area contributed by atoms with Gasteiger partial charge in [-0.05, 0) is 98.8 Å². The lowest BCUT2D eigenvalue weighted by Crippen LogP contribution is -2.31. The van der Waals surface area contributed by atoms with Gasteiger partial charge in [-0.15, -0.1) is 0 Å². The normalized spacial score (nSPS) is 44.4. The molecule has 2 aliphatic heterocycles. The summed E-state index contributed by atoms with van der Waals surface area (Å²) in [6.45, 7) is 16.0. The van der Waals surface area contributed by atoms with Gasteiger partial charge in [0.2, 0.25) is 0 Å². The summed E-state index contributed by atoms with van der Waals surface area (Å²) in [5.41, 5.74) is 0.497. The molecule has 158 valence electrons. The first-order chi connectivity index (χ1) is 12.7. The van der Waals surface area contributed by atoms with E-state index < -0.39 is 0 Å². The lowest BCUT2D eigenvalue weighted by Gasteiger charge is -2.29. The van der Waals surface area contributed by atoms with Gasteiger partial charge < -0.3 is 18.9 Å². The van der Waals surface area contributed by atoms with Crippen LogP contribution in [0.1, 0.15) is 87.0 Å². The van der Waals surface area contributed by atoms with E-state index in [9.17, 15) is 0 Å². The third-order valence-electron chi connectivity index (χ3n) is 7.37. The second-order valence-corrected chi connectivity index (χ2v) is 9.96. The molecule has 0 aromatic rings. The maximum atomic E-state index is 5.83. The summed E-state index contributed by atoms with van der Waals surface area (Å²) < 4.78 is 22.8. The number of fused-ring (bicyclic) bond motifs is 2. The highest BCUT2D eigenvalue weighted by atomic mass is 16.6. The third kappa shape index (κ3) is 5.26. The molecule has 2 heterocycles. The van der Waals surface area contributed by atoms with Crippen LogP contribution in [-0.2, 0) is 18.9 Å². The highest BCUT2D eigenvalue weighted by Crippen LogP contribution is 2.51. The zero-order chi connectivity index (χ0) is 19.8. The Morgan fingerprint density at radius 2 is 1.33 bits per heavy atom. The third-order valence-corrected chi connectivity index (χ3v) is 7.37. The first kappa shape index (κ1) is 21.5. The molecule has 0 radical (unpaired) electrons. The molecule has 2 aliphatic carbocycles. The first-order valence-corrected chi connectivity index (χ1v) is 11.3. The van der Waals surface area contributed by atoms with Crippen molar-refractivity contribution in [3.05, 3.63) is 0 Å². The molecule has 8 unspecified atom stereocenters. The van der Waals surface area contributed by atoms with Gasteiger partial charge in [0.25, 0.3) is 0 Å². The molecule has 2 saturated heterocycles. The van der Waals surface area contributed by atoms with E-state index in [2.05, 4.69) is 48.5 Å². The fourth-order valence-corrected chi connectivity index (χ4v) is 5.14. The van der Waals surface area contributed by atoms with Crippen LogP contribution in [-0.4, -0.2) is 48.3 Å².